The molecule has 1 unspecified atom stereocenters. The van der Waals surface area contributed by atoms with Crippen LogP contribution in [-0.2, 0) is 4.79 Å². The lowest BCUT2D eigenvalue weighted by Crippen LogP contribution is -2.46. The van der Waals surface area contributed by atoms with Crippen molar-refractivity contribution in [1.82, 2.24) is 10.2 Å². The maximum absolute atomic E-state index is 11.9. The van der Waals surface area contributed by atoms with Gasteiger partial charge in [0.05, 0.1) is 5.92 Å². The highest BCUT2D eigenvalue weighted by Gasteiger charge is 2.22. The molecule has 0 radical (unpaired) electrons. The van der Waals surface area contributed by atoms with Crippen LogP contribution in [0.1, 0.15) is 39.5 Å². The zero-order valence-electron chi connectivity index (χ0n) is 11.3. The minimum atomic E-state index is -0.829. The molecule has 1 heterocycles. The van der Waals surface area contributed by atoms with Crippen LogP contribution in [0, 0.1) is 11.8 Å². The highest BCUT2D eigenvalue weighted by Crippen LogP contribution is 2.15. The molecule has 0 aromatic carbocycles. The first-order valence-electron chi connectivity index (χ1n) is 6.80. The van der Waals surface area contributed by atoms with Crippen molar-refractivity contribution in [3.8, 4) is 0 Å². The van der Waals surface area contributed by atoms with Crippen LogP contribution in [0.5, 0.6) is 0 Å². The molecule has 1 rings (SSSR count). The summed E-state index contributed by atoms with van der Waals surface area (Å²) in [7, 11) is 0. The predicted molar refractivity (Wildman–Crippen MR) is 69.4 cm³/mol. The Morgan fingerprint density at radius 1 is 1.39 bits per heavy atom. The minimum Gasteiger partial charge on any atom is -0.481 e. The second-order valence-electron chi connectivity index (χ2n) is 5.18. The van der Waals surface area contributed by atoms with E-state index in [1.54, 1.807) is 4.90 Å². The van der Waals surface area contributed by atoms with Crippen LogP contribution in [-0.4, -0.2) is 41.6 Å². The molecule has 0 aliphatic carbocycles. The van der Waals surface area contributed by atoms with Crippen LogP contribution in [0.3, 0.4) is 0 Å². The van der Waals surface area contributed by atoms with Crippen LogP contribution in [0.25, 0.3) is 0 Å². The number of carboxylic acid groups (broad SMARTS) is 1. The lowest BCUT2D eigenvalue weighted by atomic mass is 9.99. The zero-order valence-corrected chi connectivity index (χ0v) is 11.3. The van der Waals surface area contributed by atoms with Gasteiger partial charge in [-0.1, -0.05) is 20.3 Å². The van der Waals surface area contributed by atoms with Crippen molar-refractivity contribution in [3.63, 3.8) is 0 Å². The van der Waals surface area contributed by atoms with Crippen molar-refractivity contribution in [3.05, 3.63) is 0 Å². The fraction of sp³-hybridized carbons (Fsp3) is 0.846. The maximum atomic E-state index is 11.9. The van der Waals surface area contributed by atoms with E-state index in [-0.39, 0.29) is 12.6 Å². The van der Waals surface area contributed by atoms with Crippen LogP contribution < -0.4 is 5.32 Å². The summed E-state index contributed by atoms with van der Waals surface area (Å²) in [6.07, 6.45) is 3.48. The van der Waals surface area contributed by atoms with Gasteiger partial charge in [0.1, 0.15) is 0 Å². The third kappa shape index (κ3) is 4.55. The van der Waals surface area contributed by atoms with E-state index in [1.807, 2.05) is 6.92 Å². The van der Waals surface area contributed by atoms with Gasteiger partial charge < -0.3 is 15.3 Å². The molecule has 1 aliphatic heterocycles. The topological polar surface area (TPSA) is 69.6 Å². The Labute approximate surface area is 109 Å². The number of carbonyl (C=O) groups is 2. The lowest BCUT2D eigenvalue weighted by molar-refractivity contribution is -0.141. The molecule has 1 saturated heterocycles. The SMILES string of the molecule is CCCC(CNC(=O)N1CCC(C)CC1)C(=O)O. The second-order valence-corrected chi connectivity index (χ2v) is 5.18. The number of rotatable bonds is 5. The fourth-order valence-corrected chi connectivity index (χ4v) is 2.20. The number of nitrogens with zero attached hydrogens (tertiary/aromatic N) is 1. The first-order valence-corrected chi connectivity index (χ1v) is 6.80. The van der Waals surface area contributed by atoms with Crippen LogP contribution in [0.15, 0.2) is 0 Å². The van der Waals surface area contributed by atoms with Gasteiger partial charge in [-0.05, 0) is 25.2 Å². The number of carbonyl (C=O) groups excluding carboxylic acids is 1. The number of carboxylic acids is 1. The molecule has 0 bridgehead atoms. The highest BCUT2D eigenvalue weighted by atomic mass is 16.4. The Morgan fingerprint density at radius 3 is 2.50 bits per heavy atom. The number of urea groups is 1. The molecule has 5 heteroatoms. The van der Waals surface area contributed by atoms with Gasteiger partial charge in [-0.15, -0.1) is 0 Å². The van der Waals surface area contributed by atoms with Gasteiger partial charge in [-0.2, -0.15) is 0 Å². The molecular weight excluding hydrogens is 232 g/mol. The molecule has 1 atom stereocenters. The summed E-state index contributed by atoms with van der Waals surface area (Å²) in [5.41, 5.74) is 0. The summed E-state index contributed by atoms with van der Waals surface area (Å²) < 4.78 is 0. The van der Waals surface area contributed by atoms with Crippen LogP contribution in [0.2, 0.25) is 0 Å². The molecule has 1 fully saturated rings. The Morgan fingerprint density at radius 2 is 2.00 bits per heavy atom. The van der Waals surface area contributed by atoms with Crippen molar-refractivity contribution in [2.24, 2.45) is 11.8 Å². The summed E-state index contributed by atoms with van der Waals surface area (Å²) in [5.74, 6) is -0.618. The average Bonchev–Trinajstić information content (AvgIpc) is 2.34. The summed E-state index contributed by atoms with van der Waals surface area (Å²) in [5, 5.41) is 11.7. The third-order valence-corrected chi connectivity index (χ3v) is 3.56. The molecule has 5 nitrogen and oxygen atoms in total. The number of hydrogen-bond acceptors (Lipinski definition) is 2. The quantitative estimate of drug-likeness (QED) is 0.789. The highest BCUT2D eigenvalue weighted by molar-refractivity contribution is 5.76. The summed E-state index contributed by atoms with van der Waals surface area (Å²) >= 11 is 0. The molecule has 2 amide bonds. The van der Waals surface area contributed by atoms with E-state index in [0.717, 1.165) is 32.4 Å². The number of amides is 2. The normalized spacial score (nSPS) is 18.4. The smallest absolute Gasteiger partial charge is 0.317 e. The second kappa shape index (κ2) is 7.24. The van der Waals surface area contributed by atoms with E-state index >= 15 is 0 Å². The van der Waals surface area contributed by atoms with E-state index in [4.69, 9.17) is 5.11 Å². The van der Waals surface area contributed by atoms with E-state index < -0.39 is 11.9 Å². The average molecular weight is 256 g/mol. The molecule has 1 aliphatic rings. The number of nitrogens with one attached hydrogen (secondary N) is 1. The standard InChI is InChI=1S/C13H24N2O3/c1-3-4-11(12(16)17)9-14-13(18)15-7-5-10(2)6-8-15/h10-11H,3-9H2,1-2H3,(H,14,18)(H,16,17). The van der Waals surface area contributed by atoms with Gasteiger partial charge in [0.2, 0.25) is 0 Å². The molecule has 0 spiro atoms. The Bertz CT molecular complexity index is 286. The van der Waals surface area contributed by atoms with Gasteiger partial charge in [0.15, 0.2) is 0 Å². The minimum absolute atomic E-state index is 0.121. The first-order chi connectivity index (χ1) is 8.54. The zero-order chi connectivity index (χ0) is 13.5. The largest absolute Gasteiger partial charge is 0.481 e. The van der Waals surface area contributed by atoms with Gasteiger partial charge in [0, 0.05) is 19.6 Å². The van der Waals surface area contributed by atoms with Crippen molar-refractivity contribution in [2.45, 2.75) is 39.5 Å². The molecule has 0 saturated carbocycles. The van der Waals surface area contributed by atoms with Crippen molar-refractivity contribution in [2.75, 3.05) is 19.6 Å². The van der Waals surface area contributed by atoms with Gasteiger partial charge in [-0.3, -0.25) is 4.79 Å². The van der Waals surface area contributed by atoms with Gasteiger partial charge in [-0.25, -0.2) is 4.79 Å². The number of aliphatic carboxylic acids is 1. The molecule has 0 aromatic heterocycles. The number of hydrogen-bond donors (Lipinski definition) is 2. The Hall–Kier alpha value is -1.26. The third-order valence-electron chi connectivity index (χ3n) is 3.56. The van der Waals surface area contributed by atoms with Crippen molar-refractivity contribution >= 4 is 12.0 Å². The fourth-order valence-electron chi connectivity index (χ4n) is 2.20. The molecule has 104 valence electrons. The van der Waals surface area contributed by atoms with Crippen LogP contribution in [0.4, 0.5) is 4.79 Å². The van der Waals surface area contributed by atoms with E-state index in [0.29, 0.717) is 12.3 Å². The summed E-state index contributed by atoms with van der Waals surface area (Å²) in [6.45, 7) is 5.92. The predicted octanol–water partition coefficient (Wildman–Crippen LogP) is 1.93. The molecule has 2 N–H and O–H groups in total. The van der Waals surface area contributed by atoms with Gasteiger partial charge in [0.25, 0.3) is 0 Å². The van der Waals surface area contributed by atoms with E-state index in [9.17, 15) is 9.59 Å². The van der Waals surface area contributed by atoms with E-state index in [2.05, 4.69) is 12.2 Å². The maximum Gasteiger partial charge on any atom is 0.317 e. The van der Waals surface area contributed by atoms with E-state index in [1.165, 1.54) is 0 Å². The van der Waals surface area contributed by atoms with Crippen LogP contribution >= 0.6 is 0 Å². The Balaban J connectivity index is 2.33. The summed E-state index contributed by atoms with van der Waals surface area (Å²) in [6, 6.07) is -0.121. The Kier molecular flexibility index (Phi) is 5.95. The number of piperidine rings is 1. The number of likely N-dealkylation sites (tertiary alicyclic amines) is 1. The monoisotopic (exact) mass is 256 g/mol. The molecule has 18 heavy (non-hydrogen) atoms. The molecule has 0 aromatic rings. The van der Waals surface area contributed by atoms with Crippen molar-refractivity contribution in [1.29, 1.82) is 0 Å². The van der Waals surface area contributed by atoms with Crippen molar-refractivity contribution < 1.29 is 14.7 Å². The van der Waals surface area contributed by atoms with Gasteiger partial charge >= 0.3 is 12.0 Å². The molecular formula is C13H24N2O3. The lowest BCUT2D eigenvalue weighted by Gasteiger charge is -2.30. The summed E-state index contributed by atoms with van der Waals surface area (Å²) in [4.78, 5) is 24.6. The first kappa shape index (κ1) is 14.8.